The molecule has 0 bridgehead atoms. The molecule has 17 nitrogen and oxygen atoms in total. The van der Waals surface area contributed by atoms with Crippen molar-refractivity contribution in [3.63, 3.8) is 0 Å². The van der Waals surface area contributed by atoms with Crippen LogP contribution in [-0.2, 0) is 65.4 Å². The van der Waals surface area contributed by atoms with Crippen LogP contribution in [0.25, 0.3) is 0 Å². The molecule has 0 heterocycles. The van der Waals surface area contributed by atoms with Crippen molar-refractivity contribution in [2.75, 3.05) is 39.6 Å². The summed E-state index contributed by atoms with van der Waals surface area (Å²) in [5.41, 5.74) is 0. The average molecular weight is 1520 g/mol. The number of phosphoric acid groups is 2. The number of phosphoric ester groups is 2. The van der Waals surface area contributed by atoms with Crippen molar-refractivity contribution in [1.29, 1.82) is 0 Å². The second kappa shape index (κ2) is 77.8. The Bertz CT molecular complexity index is 1980. The summed E-state index contributed by atoms with van der Waals surface area (Å²) in [6.07, 6.45) is 70.9. The Balaban J connectivity index is 5.23. The molecule has 0 amide bonds. The summed E-state index contributed by atoms with van der Waals surface area (Å²) >= 11 is 0. The fourth-order valence-corrected chi connectivity index (χ4v) is 14.9. The van der Waals surface area contributed by atoms with Gasteiger partial charge >= 0.3 is 39.5 Å². The van der Waals surface area contributed by atoms with Crippen molar-refractivity contribution in [2.24, 2.45) is 5.92 Å². The second-order valence-electron chi connectivity index (χ2n) is 31.1. The first-order valence-electron chi connectivity index (χ1n) is 44.1. The Morgan fingerprint density at radius 3 is 0.654 bits per heavy atom. The zero-order valence-electron chi connectivity index (χ0n) is 68.2. The van der Waals surface area contributed by atoms with E-state index in [1.165, 1.54) is 276 Å². The van der Waals surface area contributed by atoms with Crippen molar-refractivity contribution >= 4 is 39.5 Å². The molecule has 618 valence electrons. The number of aliphatic hydroxyl groups is 1. The van der Waals surface area contributed by atoms with Gasteiger partial charge in [0.15, 0.2) is 12.2 Å². The van der Waals surface area contributed by atoms with Gasteiger partial charge in [0, 0.05) is 25.7 Å². The van der Waals surface area contributed by atoms with Crippen molar-refractivity contribution in [3.05, 3.63) is 0 Å². The Kier molecular flexibility index (Phi) is 76.3. The number of unbranched alkanes of at least 4 members (excludes halogenated alkanes) is 57. The van der Waals surface area contributed by atoms with E-state index in [-0.39, 0.29) is 25.7 Å². The summed E-state index contributed by atoms with van der Waals surface area (Å²) < 4.78 is 68.9. The highest BCUT2D eigenvalue weighted by Gasteiger charge is 2.30. The van der Waals surface area contributed by atoms with Crippen LogP contribution in [0.3, 0.4) is 0 Å². The lowest BCUT2D eigenvalue weighted by molar-refractivity contribution is -0.161. The minimum absolute atomic E-state index is 0.108. The molecule has 19 heteroatoms. The van der Waals surface area contributed by atoms with Gasteiger partial charge < -0.3 is 33.8 Å². The number of aliphatic hydroxyl groups excluding tert-OH is 1. The van der Waals surface area contributed by atoms with Crippen LogP contribution in [0.5, 0.6) is 0 Å². The molecule has 0 fully saturated rings. The van der Waals surface area contributed by atoms with Crippen LogP contribution in [0.4, 0.5) is 0 Å². The Morgan fingerprint density at radius 1 is 0.260 bits per heavy atom. The SMILES string of the molecule is CCCCCCCCCCCCCCCCCCCCCC(=O)OC[C@H](COP(=O)(O)OC[C@@H](O)COP(=O)(O)OC[C@@H](COC(=O)CCCCCCCCCC(C)C)OC(=O)CCCCCCCCCCCCCCCCCC)OC(=O)CCCCCCCCCCCCCCCCCCCCC. The van der Waals surface area contributed by atoms with Crippen LogP contribution in [0.1, 0.15) is 458 Å². The lowest BCUT2D eigenvalue weighted by Gasteiger charge is -2.21. The average Bonchev–Trinajstić information content (AvgIpc) is 0.914. The highest BCUT2D eigenvalue weighted by molar-refractivity contribution is 7.47. The summed E-state index contributed by atoms with van der Waals surface area (Å²) in [6, 6.07) is 0. The molecule has 0 aliphatic heterocycles. The van der Waals surface area contributed by atoms with Gasteiger partial charge in [0.1, 0.15) is 19.3 Å². The summed E-state index contributed by atoms with van der Waals surface area (Å²) in [5, 5.41) is 10.7. The zero-order valence-corrected chi connectivity index (χ0v) is 70.0. The molecule has 0 saturated heterocycles. The fourth-order valence-electron chi connectivity index (χ4n) is 13.3. The maximum absolute atomic E-state index is 13.1. The Hall–Kier alpha value is -1.94. The van der Waals surface area contributed by atoms with Gasteiger partial charge in [-0.05, 0) is 31.6 Å². The molecule has 0 rings (SSSR count). The molecule has 2 unspecified atom stereocenters. The first-order valence-corrected chi connectivity index (χ1v) is 47.1. The van der Waals surface area contributed by atoms with Gasteiger partial charge in [-0.1, -0.05) is 407 Å². The Labute approximate surface area is 638 Å². The van der Waals surface area contributed by atoms with Gasteiger partial charge in [-0.15, -0.1) is 0 Å². The zero-order chi connectivity index (χ0) is 76.2. The minimum atomic E-state index is -4.96. The number of esters is 4. The summed E-state index contributed by atoms with van der Waals surface area (Å²) in [5.74, 6) is -1.40. The summed E-state index contributed by atoms with van der Waals surface area (Å²) in [6.45, 7) is 7.31. The molecule has 104 heavy (non-hydrogen) atoms. The van der Waals surface area contributed by atoms with Crippen LogP contribution < -0.4 is 0 Å². The van der Waals surface area contributed by atoms with E-state index in [4.69, 9.17) is 37.0 Å². The van der Waals surface area contributed by atoms with Crippen LogP contribution in [0, 0.1) is 5.92 Å². The highest BCUT2D eigenvalue weighted by Crippen LogP contribution is 2.45. The topological polar surface area (TPSA) is 237 Å². The fraction of sp³-hybridized carbons (Fsp3) is 0.953. The molecular weight excluding hydrogens is 1350 g/mol. The monoisotopic (exact) mass is 1520 g/mol. The quantitative estimate of drug-likeness (QED) is 0.0222. The molecule has 0 aromatic heterocycles. The van der Waals surface area contributed by atoms with E-state index in [1.807, 2.05) is 0 Å². The molecule has 0 aliphatic rings. The second-order valence-corrected chi connectivity index (χ2v) is 34.0. The Morgan fingerprint density at radius 2 is 0.442 bits per heavy atom. The van der Waals surface area contributed by atoms with Crippen LogP contribution in [-0.4, -0.2) is 96.7 Å². The van der Waals surface area contributed by atoms with Gasteiger partial charge in [0.25, 0.3) is 0 Å². The summed E-state index contributed by atoms with van der Waals surface area (Å²) in [4.78, 5) is 73.2. The van der Waals surface area contributed by atoms with E-state index in [0.29, 0.717) is 31.6 Å². The maximum Gasteiger partial charge on any atom is 0.472 e. The number of hydrogen-bond donors (Lipinski definition) is 3. The number of carbonyl (C=O) groups excluding carboxylic acids is 4. The highest BCUT2D eigenvalue weighted by atomic mass is 31.2. The number of carbonyl (C=O) groups is 4. The largest absolute Gasteiger partial charge is 0.472 e. The van der Waals surface area contributed by atoms with Crippen molar-refractivity contribution in [3.8, 4) is 0 Å². The van der Waals surface area contributed by atoms with E-state index >= 15 is 0 Å². The van der Waals surface area contributed by atoms with Crippen LogP contribution in [0.2, 0.25) is 0 Å². The lowest BCUT2D eigenvalue weighted by atomic mass is 10.0. The molecule has 5 atom stereocenters. The van der Waals surface area contributed by atoms with Crippen molar-refractivity contribution in [1.82, 2.24) is 0 Å². The van der Waals surface area contributed by atoms with Gasteiger partial charge in [-0.2, -0.15) is 0 Å². The summed E-state index contributed by atoms with van der Waals surface area (Å²) in [7, 11) is -9.92. The normalized spacial score (nSPS) is 13.8. The van der Waals surface area contributed by atoms with Crippen molar-refractivity contribution in [2.45, 2.75) is 477 Å². The van der Waals surface area contributed by atoms with E-state index < -0.39 is 97.5 Å². The molecule has 0 aromatic rings. The molecule has 0 aromatic carbocycles. The van der Waals surface area contributed by atoms with E-state index in [0.717, 1.165) is 96.3 Å². The number of ether oxygens (including phenoxy) is 4. The van der Waals surface area contributed by atoms with Crippen LogP contribution >= 0.6 is 15.6 Å². The molecular formula is C85H166O17P2. The van der Waals surface area contributed by atoms with Crippen molar-refractivity contribution < 1.29 is 80.2 Å². The molecule has 3 N–H and O–H groups in total. The first-order chi connectivity index (χ1) is 50.5. The number of rotatable bonds is 85. The predicted octanol–water partition coefficient (Wildman–Crippen LogP) is 26.0. The van der Waals surface area contributed by atoms with E-state index in [2.05, 4.69) is 34.6 Å². The minimum Gasteiger partial charge on any atom is -0.462 e. The molecule has 0 saturated carbocycles. The molecule has 0 spiro atoms. The maximum atomic E-state index is 13.1. The van der Waals surface area contributed by atoms with E-state index in [9.17, 15) is 43.2 Å². The van der Waals surface area contributed by atoms with Gasteiger partial charge in [-0.25, -0.2) is 9.13 Å². The van der Waals surface area contributed by atoms with E-state index in [1.54, 1.807) is 0 Å². The number of hydrogen-bond acceptors (Lipinski definition) is 15. The lowest BCUT2D eigenvalue weighted by Crippen LogP contribution is -2.30. The third kappa shape index (κ3) is 78.2. The predicted molar refractivity (Wildman–Crippen MR) is 428 cm³/mol. The van der Waals surface area contributed by atoms with Crippen LogP contribution in [0.15, 0.2) is 0 Å². The van der Waals surface area contributed by atoms with Gasteiger partial charge in [0.05, 0.1) is 26.4 Å². The standard InChI is InChI=1S/C85H166O17P2/c1-6-9-12-15-18-21-24-27-30-33-35-37-40-42-45-48-53-58-63-68-82(87)95-74-80(101-84(89)70-66-61-55-50-47-44-41-38-36-34-31-28-25-22-19-16-13-10-7-2)76-99-103(91,92)97-72-79(86)73-98-104(93,94)100-77-81(75-96-83(88)69-64-59-56-51-52-57-62-67-78(4)5)102-85(90)71-65-60-54-49-46-43-39-32-29-26-23-20-17-14-11-8-3/h78-81,86H,6-77H2,1-5H3,(H,91,92)(H,93,94)/t79-,80-,81-/m1/s1. The molecule has 0 radical (unpaired) electrons. The third-order valence-corrected chi connectivity index (χ3v) is 21.9. The first kappa shape index (κ1) is 102. The smallest absolute Gasteiger partial charge is 0.462 e. The van der Waals surface area contributed by atoms with Gasteiger partial charge in [0.2, 0.25) is 0 Å². The third-order valence-electron chi connectivity index (χ3n) is 20.0. The van der Waals surface area contributed by atoms with Gasteiger partial charge in [-0.3, -0.25) is 37.3 Å². The molecule has 0 aliphatic carbocycles.